The van der Waals surface area contributed by atoms with E-state index in [-0.39, 0.29) is 6.42 Å². The zero-order chi connectivity index (χ0) is 16.2. The maximum Gasteiger partial charge on any atom is 0.419 e. The third-order valence-electron chi connectivity index (χ3n) is 2.46. The lowest BCUT2D eigenvalue weighted by Crippen LogP contribution is -2.40. The van der Waals surface area contributed by atoms with E-state index in [1.807, 2.05) is 11.2 Å². The summed E-state index contributed by atoms with van der Waals surface area (Å²) in [6.45, 7) is 0. The van der Waals surface area contributed by atoms with Gasteiger partial charge in [0.25, 0.3) is 5.91 Å². The smallest absolute Gasteiger partial charge is 0.419 e. The van der Waals surface area contributed by atoms with E-state index in [9.17, 15) is 27.2 Å². The van der Waals surface area contributed by atoms with Crippen LogP contribution in [0.15, 0.2) is 18.2 Å². The molecule has 0 aromatic heterocycles. The number of carboxylic acids is 1. The Hall–Kier alpha value is -2.56. The van der Waals surface area contributed by atoms with Crippen molar-refractivity contribution in [3.8, 4) is 12.3 Å². The predicted octanol–water partition coefficient (Wildman–Crippen LogP) is 2.05. The highest BCUT2D eigenvalue weighted by Crippen LogP contribution is 2.31. The quantitative estimate of drug-likeness (QED) is 0.661. The zero-order valence-electron chi connectivity index (χ0n) is 10.4. The monoisotopic (exact) mass is 303 g/mol. The van der Waals surface area contributed by atoms with Crippen LogP contribution in [0, 0.1) is 18.2 Å². The molecule has 1 unspecified atom stereocenters. The number of carboxylic acid groups (broad SMARTS) is 1. The van der Waals surface area contributed by atoms with Gasteiger partial charge in [-0.25, -0.2) is 9.18 Å². The number of carbonyl (C=O) groups is 2. The summed E-state index contributed by atoms with van der Waals surface area (Å²) in [5.74, 6) is -2.04. The second kappa shape index (κ2) is 6.26. The highest BCUT2D eigenvalue weighted by Gasteiger charge is 2.35. The molecule has 0 radical (unpaired) electrons. The average Bonchev–Trinajstić information content (AvgIpc) is 2.37. The van der Waals surface area contributed by atoms with Crippen molar-refractivity contribution in [2.45, 2.75) is 18.6 Å². The van der Waals surface area contributed by atoms with E-state index in [0.717, 1.165) is 6.07 Å². The van der Waals surface area contributed by atoms with Crippen molar-refractivity contribution in [2.75, 3.05) is 0 Å². The van der Waals surface area contributed by atoms with E-state index in [1.54, 1.807) is 0 Å². The minimum absolute atomic E-state index is 0.305. The van der Waals surface area contributed by atoms with E-state index in [2.05, 4.69) is 0 Å². The van der Waals surface area contributed by atoms with Crippen LogP contribution in [0.2, 0.25) is 0 Å². The van der Waals surface area contributed by atoms with Crippen LogP contribution in [0.4, 0.5) is 17.6 Å². The molecule has 0 fully saturated rings. The number of rotatable bonds is 4. The topological polar surface area (TPSA) is 66.4 Å². The number of hydrogen-bond acceptors (Lipinski definition) is 2. The maximum absolute atomic E-state index is 13.1. The fraction of sp³-hybridized carbons (Fsp3) is 0.231. The van der Waals surface area contributed by atoms with E-state index in [4.69, 9.17) is 11.5 Å². The van der Waals surface area contributed by atoms with Gasteiger partial charge in [-0.05, 0) is 18.2 Å². The van der Waals surface area contributed by atoms with Gasteiger partial charge in [0.15, 0.2) is 0 Å². The van der Waals surface area contributed by atoms with Crippen molar-refractivity contribution in [3.05, 3.63) is 35.1 Å². The Bertz CT molecular complexity index is 604. The number of aliphatic carboxylic acids is 1. The number of benzene rings is 1. The van der Waals surface area contributed by atoms with Gasteiger partial charge in [-0.2, -0.15) is 13.2 Å². The van der Waals surface area contributed by atoms with Gasteiger partial charge >= 0.3 is 12.1 Å². The molecule has 1 aromatic rings. The van der Waals surface area contributed by atoms with Gasteiger partial charge < -0.3 is 10.4 Å². The molecule has 0 saturated heterocycles. The molecule has 0 aliphatic heterocycles. The largest absolute Gasteiger partial charge is 0.480 e. The summed E-state index contributed by atoms with van der Waals surface area (Å²) in [5, 5.41) is 10.7. The lowest BCUT2D eigenvalue weighted by atomic mass is 10.1. The molecule has 1 aromatic carbocycles. The number of amides is 1. The molecule has 0 bridgehead atoms. The summed E-state index contributed by atoms with van der Waals surface area (Å²) in [7, 11) is 0. The Morgan fingerprint density at radius 2 is 2.00 bits per heavy atom. The second-order valence-corrected chi connectivity index (χ2v) is 3.96. The Labute approximate surface area is 116 Å². The molecule has 1 atom stereocenters. The zero-order valence-corrected chi connectivity index (χ0v) is 10.4. The summed E-state index contributed by atoms with van der Waals surface area (Å²) in [6.07, 6.45) is -0.386. The fourth-order valence-electron chi connectivity index (χ4n) is 1.44. The molecule has 0 saturated carbocycles. The number of terminal acetylenes is 1. The van der Waals surface area contributed by atoms with Crippen LogP contribution in [0.5, 0.6) is 0 Å². The van der Waals surface area contributed by atoms with Gasteiger partial charge in [-0.15, -0.1) is 12.3 Å². The first-order valence-electron chi connectivity index (χ1n) is 5.50. The van der Waals surface area contributed by atoms with Gasteiger partial charge in [0.1, 0.15) is 11.9 Å². The first-order valence-corrected chi connectivity index (χ1v) is 5.50. The minimum atomic E-state index is -4.97. The Kier molecular flexibility index (Phi) is 4.92. The number of nitrogens with one attached hydrogen (secondary N) is 1. The third-order valence-corrected chi connectivity index (χ3v) is 2.46. The molecule has 1 rings (SSSR count). The summed E-state index contributed by atoms with van der Waals surface area (Å²) in [6, 6.07) is 0.157. The lowest BCUT2D eigenvalue weighted by molar-refractivity contribution is -0.140. The van der Waals surface area contributed by atoms with E-state index >= 15 is 0 Å². The van der Waals surface area contributed by atoms with Gasteiger partial charge in [0.05, 0.1) is 5.56 Å². The van der Waals surface area contributed by atoms with Crippen LogP contribution in [0.25, 0.3) is 0 Å². The molecular formula is C13H9F4NO3. The van der Waals surface area contributed by atoms with E-state index in [0.29, 0.717) is 12.1 Å². The third kappa shape index (κ3) is 4.21. The number of alkyl halides is 3. The second-order valence-electron chi connectivity index (χ2n) is 3.96. The molecule has 2 N–H and O–H groups in total. The molecule has 0 spiro atoms. The molecule has 0 aliphatic carbocycles. The Balaban J connectivity index is 3.04. The van der Waals surface area contributed by atoms with Crippen LogP contribution in [0.3, 0.4) is 0 Å². The average molecular weight is 303 g/mol. The summed E-state index contributed by atoms with van der Waals surface area (Å²) in [5.41, 5.74) is -2.13. The van der Waals surface area contributed by atoms with Crippen LogP contribution < -0.4 is 5.32 Å². The Morgan fingerprint density at radius 3 is 2.48 bits per heavy atom. The molecule has 1 amide bonds. The molecule has 21 heavy (non-hydrogen) atoms. The highest BCUT2D eigenvalue weighted by molar-refractivity contribution is 5.96. The molecule has 112 valence electrons. The van der Waals surface area contributed by atoms with Gasteiger partial charge in [0, 0.05) is 12.0 Å². The molecule has 0 aliphatic rings. The lowest BCUT2D eigenvalue weighted by Gasteiger charge is -2.13. The maximum atomic E-state index is 13.1. The van der Waals surface area contributed by atoms with Crippen LogP contribution in [-0.2, 0) is 11.0 Å². The van der Waals surface area contributed by atoms with Crippen molar-refractivity contribution in [2.24, 2.45) is 0 Å². The summed E-state index contributed by atoms with van der Waals surface area (Å²) < 4.78 is 50.6. The van der Waals surface area contributed by atoms with E-state index < -0.39 is 41.0 Å². The molecular weight excluding hydrogens is 294 g/mol. The van der Waals surface area contributed by atoms with Crippen LogP contribution in [-0.4, -0.2) is 23.0 Å². The van der Waals surface area contributed by atoms with Gasteiger partial charge in [0.2, 0.25) is 0 Å². The van der Waals surface area contributed by atoms with Crippen molar-refractivity contribution < 1.29 is 32.3 Å². The van der Waals surface area contributed by atoms with Crippen molar-refractivity contribution in [1.29, 1.82) is 0 Å². The summed E-state index contributed by atoms with van der Waals surface area (Å²) >= 11 is 0. The fourth-order valence-corrected chi connectivity index (χ4v) is 1.44. The van der Waals surface area contributed by atoms with Crippen molar-refractivity contribution >= 4 is 11.9 Å². The summed E-state index contributed by atoms with van der Waals surface area (Å²) in [4.78, 5) is 22.5. The first-order chi connectivity index (χ1) is 9.66. The van der Waals surface area contributed by atoms with Gasteiger partial charge in [-0.1, -0.05) is 0 Å². The number of halogens is 4. The van der Waals surface area contributed by atoms with Crippen molar-refractivity contribution in [1.82, 2.24) is 5.32 Å². The minimum Gasteiger partial charge on any atom is -0.480 e. The SMILES string of the molecule is C#CCC(NC(=O)c1ccc(F)c(C(F)(F)F)c1)C(=O)O. The predicted molar refractivity (Wildman–Crippen MR) is 63.7 cm³/mol. The molecule has 4 nitrogen and oxygen atoms in total. The number of hydrogen-bond donors (Lipinski definition) is 2. The standard InChI is InChI=1S/C13H9F4NO3/c1-2-3-10(12(20)21)18-11(19)7-4-5-9(14)8(6-7)13(15,16)17/h1,4-6,10H,3H2,(H,18,19)(H,20,21). The van der Waals surface area contributed by atoms with Crippen molar-refractivity contribution in [3.63, 3.8) is 0 Å². The Morgan fingerprint density at radius 1 is 1.38 bits per heavy atom. The van der Waals surface area contributed by atoms with Gasteiger partial charge in [-0.3, -0.25) is 4.79 Å². The van der Waals surface area contributed by atoms with E-state index in [1.165, 1.54) is 0 Å². The molecule has 0 heterocycles. The number of carbonyl (C=O) groups excluding carboxylic acids is 1. The molecule has 8 heteroatoms. The normalized spacial score (nSPS) is 12.3. The highest BCUT2D eigenvalue weighted by atomic mass is 19.4. The first kappa shape index (κ1) is 16.5. The van der Waals surface area contributed by atoms with Crippen LogP contribution in [0.1, 0.15) is 22.3 Å². The van der Waals surface area contributed by atoms with Crippen LogP contribution >= 0.6 is 0 Å².